The molecule has 9 heteroatoms. The summed E-state index contributed by atoms with van der Waals surface area (Å²) in [6, 6.07) is 10.7. The number of alkyl halides is 3. The molecule has 6 nitrogen and oxygen atoms in total. The van der Waals surface area contributed by atoms with Gasteiger partial charge in [0.15, 0.2) is 0 Å². The minimum absolute atomic E-state index is 0.0619. The Morgan fingerprint density at radius 1 is 0.971 bits per heavy atom. The van der Waals surface area contributed by atoms with E-state index in [4.69, 9.17) is 0 Å². The minimum atomic E-state index is -4.44. The monoisotopic (exact) mass is 471 g/mol. The van der Waals surface area contributed by atoms with Gasteiger partial charge in [-0.25, -0.2) is 4.79 Å². The molecule has 1 saturated heterocycles. The van der Waals surface area contributed by atoms with Gasteiger partial charge in [-0.2, -0.15) is 13.2 Å². The summed E-state index contributed by atoms with van der Waals surface area (Å²) in [5, 5.41) is 0. The van der Waals surface area contributed by atoms with Crippen molar-refractivity contribution in [2.75, 3.05) is 19.6 Å². The second kappa shape index (κ2) is 8.14. The molecule has 2 aromatic rings. The Morgan fingerprint density at radius 3 is 2.35 bits per heavy atom. The summed E-state index contributed by atoms with van der Waals surface area (Å²) >= 11 is 0. The molecule has 1 fully saturated rings. The van der Waals surface area contributed by atoms with Gasteiger partial charge in [0.25, 0.3) is 5.91 Å². The van der Waals surface area contributed by atoms with Crippen LogP contribution in [0.1, 0.15) is 52.9 Å². The highest BCUT2D eigenvalue weighted by Crippen LogP contribution is 2.39. The van der Waals surface area contributed by atoms with Crippen LogP contribution in [0, 0.1) is 0 Å². The first-order valence-corrected chi connectivity index (χ1v) is 11.4. The molecule has 0 spiro atoms. The third-order valence-electron chi connectivity index (χ3n) is 6.89. The molecule has 1 aliphatic carbocycles. The second-order valence-corrected chi connectivity index (χ2v) is 9.02. The fourth-order valence-electron chi connectivity index (χ4n) is 5.31. The molecule has 0 saturated carbocycles. The number of hydrogen-bond acceptors (Lipinski definition) is 3. The summed E-state index contributed by atoms with van der Waals surface area (Å²) in [5.74, 6) is -0.776. The minimum Gasteiger partial charge on any atom is -0.325 e. The number of imide groups is 1. The van der Waals surface area contributed by atoms with E-state index in [1.54, 1.807) is 30.0 Å². The molecule has 178 valence electrons. The largest absolute Gasteiger partial charge is 0.406 e. The predicted octanol–water partition coefficient (Wildman–Crippen LogP) is 4.53. The maximum atomic E-state index is 12.8. The van der Waals surface area contributed by atoms with Crippen molar-refractivity contribution in [1.29, 1.82) is 0 Å². The van der Waals surface area contributed by atoms with Crippen LogP contribution in [0.5, 0.6) is 0 Å². The lowest BCUT2D eigenvalue weighted by molar-refractivity contribution is -0.141. The van der Waals surface area contributed by atoms with Crippen LogP contribution in [0.2, 0.25) is 0 Å². The number of rotatable bonds is 4. The van der Waals surface area contributed by atoms with Gasteiger partial charge in [0.2, 0.25) is 5.91 Å². The van der Waals surface area contributed by atoms with Crippen molar-refractivity contribution < 1.29 is 27.6 Å². The lowest BCUT2D eigenvalue weighted by Crippen LogP contribution is -2.36. The van der Waals surface area contributed by atoms with Gasteiger partial charge in [0.05, 0.1) is 6.04 Å². The van der Waals surface area contributed by atoms with Gasteiger partial charge in [-0.05, 0) is 66.1 Å². The van der Waals surface area contributed by atoms with E-state index in [9.17, 15) is 27.6 Å². The SMILES string of the molecule is CCN1C(=O)CN([C@H]2CCCc3cc(-c4ccc5c(c4)CN(CC(F)(F)F)C5=O)ccc32)C1=O. The van der Waals surface area contributed by atoms with Crippen LogP contribution in [0.25, 0.3) is 11.1 Å². The molecule has 4 amide bonds. The predicted molar refractivity (Wildman–Crippen MR) is 118 cm³/mol. The quantitative estimate of drug-likeness (QED) is 0.616. The van der Waals surface area contributed by atoms with E-state index < -0.39 is 18.6 Å². The topological polar surface area (TPSA) is 60.9 Å². The molecule has 2 heterocycles. The van der Waals surface area contributed by atoms with Crippen LogP contribution in [-0.4, -0.2) is 58.4 Å². The molecule has 0 N–H and O–H groups in total. The van der Waals surface area contributed by atoms with Crippen LogP contribution >= 0.6 is 0 Å². The highest BCUT2D eigenvalue weighted by atomic mass is 19.4. The second-order valence-electron chi connectivity index (χ2n) is 9.02. The van der Waals surface area contributed by atoms with Gasteiger partial charge in [-0.1, -0.05) is 24.3 Å². The Bertz CT molecular complexity index is 1190. The summed E-state index contributed by atoms with van der Waals surface area (Å²) < 4.78 is 38.4. The van der Waals surface area contributed by atoms with Crippen LogP contribution < -0.4 is 0 Å². The Hall–Kier alpha value is -3.36. The molecule has 1 atom stereocenters. The van der Waals surface area contributed by atoms with E-state index in [0.717, 1.165) is 46.4 Å². The number of amides is 4. The molecular formula is C25H24F3N3O3. The van der Waals surface area contributed by atoms with Gasteiger partial charge < -0.3 is 9.80 Å². The third kappa shape index (κ3) is 3.82. The fraction of sp³-hybridized carbons (Fsp3) is 0.400. The smallest absolute Gasteiger partial charge is 0.325 e. The van der Waals surface area contributed by atoms with Crippen molar-refractivity contribution in [1.82, 2.24) is 14.7 Å². The zero-order valence-electron chi connectivity index (χ0n) is 18.7. The molecule has 0 aromatic heterocycles. The normalized spacial score (nSPS) is 20.3. The van der Waals surface area contributed by atoms with Crippen LogP contribution in [0.4, 0.5) is 18.0 Å². The Labute approximate surface area is 194 Å². The molecule has 2 aromatic carbocycles. The maximum Gasteiger partial charge on any atom is 0.406 e. The van der Waals surface area contributed by atoms with Crippen molar-refractivity contribution in [3.63, 3.8) is 0 Å². The number of benzene rings is 2. The Balaban J connectivity index is 1.41. The number of carbonyl (C=O) groups excluding carboxylic acids is 3. The van der Waals surface area contributed by atoms with E-state index in [1.807, 2.05) is 18.2 Å². The van der Waals surface area contributed by atoms with E-state index in [2.05, 4.69) is 0 Å². The van der Waals surface area contributed by atoms with E-state index in [0.29, 0.717) is 17.7 Å². The van der Waals surface area contributed by atoms with Crippen molar-refractivity contribution in [3.05, 3.63) is 58.7 Å². The number of hydrogen-bond donors (Lipinski definition) is 0. The van der Waals surface area contributed by atoms with Crippen molar-refractivity contribution in [3.8, 4) is 11.1 Å². The number of likely N-dealkylation sites (N-methyl/N-ethyl adjacent to an activating group) is 1. The van der Waals surface area contributed by atoms with Crippen molar-refractivity contribution >= 4 is 17.8 Å². The van der Waals surface area contributed by atoms with Crippen molar-refractivity contribution in [2.24, 2.45) is 0 Å². The first-order chi connectivity index (χ1) is 16.2. The zero-order chi connectivity index (χ0) is 24.2. The Morgan fingerprint density at radius 2 is 1.68 bits per heavy atom. The van der Waals surface area contributed by atoms with Crippen LogP contribution in [0.3, 0.4) is 0 Å². The summed E-state index contributed by atoms with van der Waals surface area (Å²) in [7, 11) is 0. The molecule has 2 aliphatic heterocycles. The van der Waals surface area contributed by atoms with Gasteiger partial charge in [-0.3, -0.25) is 14.5 Å². The molecule has 5 rings (SSSR count). The zero-order valence-corrected chi connectivity index (χ0v) is 18.7. The summed E-state index contributed by atoms with van der Waals surface area (Å²) in [6.07, 6.45) is -1.92. The number of carbonyl (C=O) groups is 3. The number of aryl methyl sites for hydroxylation is 1. The third-order valence-corrected chi connectivity index (χ3v) is 6.89. The number of nitrogens with zero attached hydrogens (tertiary/aromatic N) is 3. The number of halogens is 3. The molecular weight excluding hydrogens is 447 g/mol. The van der Waals surface area contributed by atoms with Gasteiger partial charge in [-0.15, -0.1) is 0 Å². The average molecular weight is 471 g/mol. The highest BCUT2D eigenvalue weighted by Gasteiger charge is 2.41. The summed E-state index contributed by atoms with van der Waals surface area (Å²) in [5.41, 5.74) is 4.76. The number of fused-ring (bicyclic) bond motifs is 2. The highest BCUT2D eigenvalue weighted by molar-refractivity contribution is 6.02. The fourth-order valence-corrected chi connectivity index (χ4v) is 5.31. The molecule has 0 unspecified atom stereocenters. The van der Waals surface area contributed by atoms with Gasteiger partial charge >= 0.3 is 12.2 Å². The van der Waals surface area contributed by atoms with Crippen molar-refractivity contribution in [2.45, 2.75) is 44.9 Å². The maximum absolute atomic E-state index is 12.8. The van der Waals surface area contributed by atoms with E-state index in [1.165, 1.54) is 4.90 Å². The molecule has 0 radical (unpaired) electrons. The van der Waals surface area contributed by atoms with Gasteiger partial charge in [0, 0.05) is 18.7 Å². The van der Waals surface area contributed by atoms with Gasteiger partial charge in [0.1, 0.15) is 13.1 Å². The molecule has 3 aliphatic rings. The Kier molecular flexibility index (Phi) is 5.37. The summed E-state index contributed by atoms with van der Waals surface area (Å²) in [4.78, 5) is 41.0. The summed E-state index contributed by atoms with van der Waals surface area (Å²) in [6.45, 7) is 0.906. The lowest BCUT2D eigenvalue weighted by atomic mass is 9.85. The first-order valence-electron chi connectivity index (χ1n) is 11.4. The van der Waals surface area contributed by atoms with E-state index in [-0.39, 0.29) is 31.1 Å². The van der Waals surface area contributed by atoms with Crippen LogP contribution in [0.15, 0.2) is 36.4 Å². The molecule has 0 bridgehead atoms. The average Bonchev–Trinajstić information content (AvgIpc) is 3.25. The lowest BCUT2D eigenvalue weighted by Gasteiger charge is -2.32. The standard InChI is InChI=1S/C25H24F3N3O3/c1-2-30-22(32)13-31(24(30)34)21-5-3-4-17-10-15(6-8-19(17)21)16-7-9-20-18(11-16)12-29(23(20)33)14-25(26,27)28/h6-11,21H,2-5,12-14H2,1H3/t21-/m0/s1. The van der Waals surface area contributed by atoms with E-state index >= 15 is 0 Å². The van der Waals surface area contributed by atoms with Crippen LogP contribution in [-0.2, 0) is 17.8 Å². The molecule has 34 heavy (non-hydrogen) atoms. The first kappa shape index (κ1) is 22.4. The number of urea groups is 1.